The fourth-order valence-electron chi connectivity index (χ4n) is 1.97. The van der Waals surface area contributed by atoms with Crippen LogP contribution in [0.5, 0.6) is 0 Å². The van der Waals surface area contributed by atoms with Gasteiger partial charge in [-0.15, -0.1) is 0 Å². The zero-order valence-electron chi connectivity index (χ0n) is 9.99. The SMILES string of the molecule is CC(C)(C)C(CN)CN1CCC1C(N)=O. The number of amides is 1. The monoisotopic (exact) mass is 213 g/mol. The zero-order valence-corrected chi connectivity index (χ0v) is 9.99. The molecule has 1 fully saturated rings. The molecule has 0 aromatic heterocycles. The molecule has 1 saturated heterocycles. The first-order chi connectivity index (χ1) is 6.86. The van der Waals surface area contributed by atoms with Gasteiger partial charge in [0.2, 0.25) is 5.91 Å². The van der Waals surface area contributed by atoms with Crippen LogP contribution in [0.4, 0.5) is 0 Å². The first-order valence-corrected chi connectivity index (χ1v) is 5.59. The second-order valence-electron chi connectivity index (χ2n) is 5.50. The molecule has 4 nitrogen and oxygen atoms in total. The molecule has 88 valence electrons. The number of carbonyl (C=O) groups excluding carboxylic acids is 1. The summed E-state index contributed by atoms with van der Waals surface area (Å²) in [5, 5.41) is 0. The number of primary amides is 1. The molecule has 2 atom stereocenters. The summed E-state index contributed by atoms with van der Waals surface area (Å²) in [7, 11) is 0. The molecular weight excluding hydrogens is 190 g/mol. The molecule has 0 radical (unpaired) electrons. The maximum atomic E-state index is 11.1. The molecule has 0 aromatic carbocycles. The molecule has 1 aliphatic rings. The van der Waals surface area contributed by atoms with Crippen molar-refractivity contribution in [3.63, 3.8) is 0 Å². The fraction of sp³-hybridized carbons (Fsp3) is 0.909. The van der Waals surface area contributed by atoms with Crippen LogP contribution >= 0.6 is 0 Å². The molecule has 1 aliphatic heterocycles. The van der Waals surface area contributed by atoms with Gasteiger partial charge in [0, 0.05) is 13.1 Å². The lowest BCUT2D eigenvalue weighted by Crippen LogP contribution is -2.57. The van der Waals surface area contributed by atoms with Crippen molar-refractivity contribution >= 4 is 5.91 Å². The molecule has 1 rings (SSSR count). The van der Waals surface area contributed by atoms with Crippen molar-refractivity contribution in [3.05, 3.63) is 0 Å². The Bertz CT molecular complexity index is 234. The maximum Gasteiger partial charge on any atom is 0.234 e. The molecule has 0 aromatic rings. The van der Waals surface area contributed by atoms with E-state index in [9.17, 15) is 4.79 Å². The van der Waals surface area contributed by atoms with E-state index >= 15 is 0 Å². The minimum atomic E-state index is -0.203. The lowest BCUT2D eigenvalue weighted by molar-refractivity contribution is -0.128. The second kappa shape index (κ2) is 4.49. The predicted molar refractivity (Wildman–Crippen MR) is 61.2 cm³/mol. The first-order valence-electron chi connectivity index (χ1n) is 5.59. The lowest BCUT2D eigenvalue weighted by Gasteiger charge is -2.43. The van der Waals surface area contributed by atoms with Crippen molar-refractivity contribution in [2.24, 2.45) is 22.8 Å². The van der Waals surface area contributed by atoms with Crippen LogP contribution in [0.1, 0.15) is 27.2 Å². The molecule has 1 heterocycles. The summed E-state index contributed by atoms with van der Waals surface area (Å²) in [6.45, 7) is 9.07. The Morgan fingerprint density at radius 2 is 2.13 bits per heavy atom. The van der Waals surface area contributed by atoms with Gasteiger partial charge in [0.25, 0.3) is 0 Å². The van der Waals surface area contributed by atoms with E-state index in [1.54, 1.807) is 0 Å². The summed E-state index contributed by atoms with van der Waals surface area (Å²) >= 11 is 0. The van der Waals surface area contributed by atoms with Crippen LogP contribution in [0, 0.1) is 11.3 Å². The first kappa shape index (κ1) is 12.5. The Balaban J connectivity index is 2.50. The lowest BCUT2D eigenvalue weighted by atomic mass is 9.79. The molecular formula is C11H23N3O. The van der Waals surface area contributed by atoms with Gasteiger partial charge in [0.1, 0.15) is 0 Å². The van der Waals surface area contributed by atoms with E-state index in [4.69, 9.17) is 11.5 Å². The van der Waals surface area contributed by atoms with Crippen molar-refractivity contribution < 1.29 is 4.79 Å². The van der Waals surface area contributed by atoms with Crippen LogP contribution in [0.25, 0.3) is 0 Å². The Morgan fingerprint density at radius 3 is 2.40 bits per heavy atom. The van der Waals surface area contributed by atoms with Crippen LogP contribution in [-0.4, -0.2) is 36.5 Å². The third kappa shape index (κ3) is 2.92. The fourth-order valence-corrected chi connectivity index (χ4v) is 1.97. The van der Waals surface area contributed by atoms with Crippen LogP contribution in [0.2, 0.25) is 0 Å². The van der Waals surface area contributed by atoms with Crippen molar-refractivity contribution in [2.75, 3.05) is 19.6 Å². The number of likely N-dealkylation sites (tertiary alicyclic amines) is 1. The molecule has 0 spiro atoms. The normalized spacial score (nSPS) is 24.7. The molecule has 15 heavy (non-hydrogen) atoms. The summed E-state index contributed by atoms with van der Waals surface area (Å²) in [4.78, 5) is 13.2. The van der Waals surface area contributed by atoms with E-state index in [-0.39, 0.29) is 17.4 Å². The summed E-state index contributed by atoms with van der Waals surface area (Å²) < 4.78 is 0. The highest BCUT2D eigenvalue weighted by Gasteiger charge is 2.36. The quantitative estimate of drug-likeness (QED) is 0.699. The summed E-state index contributed by atoms with van der Waals surface area (Å²) in [6, 6.07) is -0.0543. The number of nitrogens with two attached hydrogens (primary N) is 2. The smallest absolute Gasteiger partial charge is 0.234 e. The number of rotatable bonds is 4. The van der Waals surface area contributed by atoms with E-state index in [1.165, 1.54) is 0 Å². The molecule has 4 N–H and O–H groups in total. The Kier molecular flexibility index (Phi) is 3.73. The Morgan fingerprint density at radius 1 is 1.53 bits per heavy atom. The predicted octanol–water partition coefficient (Wildman–Crippen LogP) is 0.167. The van der Waals surface area contributed by atoms with Gasteiger partial charge in [-0.05, 0) is 24.3 Å². The molecule has 0 saturated carbocycles. The molecule has 0 bridgehead atoms. The number of nitrogens with zero attached hydrogens (tertiary/aromatic N) is 1. The molecule has 2 unspecified atom stereocenters. The van der Waals surface area contributed by atoms with Crippen LogP contribution in [0.3, 0.4) is 0 Å². The van der Waals surface area contributed by atoms with Crippen molar-refractivity contribution in [1.82, 2.24) is 4.90 Å². The van der Waals surface area contributed by atoms with E-state index < -0.39 is 0 Å². The van der Waals surface area contributed by atoms with Gasteiger partial charge in [0.15, 0.2) is 0 Å². The highest BCUT2D eigenvalue weighted by molar-refractivity contribution is 5.80. The third-order valence-corrected chi connectivity index (χ3v) is 3.42. The topological polar surface area (TPSA) is 72.3 Å². The van der Waals surface area contributed by atoms with Crippen molar-refractivity contribution in [2.45, 2.75) is 33.2 Å². The minimum absolute atomic E-state index is 0.0543. The van der Waals surface area contributed by atoms with E-state index in [1.807, 2.05) is 0 Å². The van der Waals surface area contributed by atoms with Crippen molar-refractivity contribution in [3.8, 4) is 0 Å². The average molecular weight is 213 g/mol. The summed E-state index contributed by atoms with van der Waals surface area (Å²) in [6.07, 6.45) is 0.900. The van der Waals surface area contributed by atoms with Crippen molar-refractivity contribution in [1.29, 1.82) is 0 Å². The van der Waals surface area contributed by atoms with Crippen LogP contribution in [0.15, 0.2) is 0 Å². The molecule has 0 aliphatic carbocycles. The molecule has 1 amide bonds. The van der Waals surface area contributed by atoms with Gasteiger partial charge >= 0.3 is 0 Å². The standard InChI is InChI=1S/C11H23N3O/c1-11(2,3)8(6-12)7-14-5-4-9(14)10(13)15/h8-9H,4-7,12H2,1-3H3,(H2,13,15). The van der Waals surface area contributed by atoms with E-state index in [2.05, 4.69) is 25.7 Å². The Labute approximate surface area is 92.0 Å². The van der Waals surface area contributed by atoms with E-state index in [0.29, 0.717) is 12.5 Å². The average Bonchev–Trinajstić information content (AvgIpc) is 1.99. The third-order valence-electron chi connectivity index (χ3n) is 3.42. The maximum absolute atomic E-state index is 11.1. The highest BCUT2D eigenvalue weighted by atomic mass is 16.1. The van der Waals surface area contributed by atoms with Crippen LogP contribution in [-0.2, 0) is 4.79 Å². The second-order valence-corrected chi connectivity index (χ2v) is 5.50. The Hall–Kier alpha value is -0.610. The largest absolute Gasteiger partial charge is 0.368 e. The summed E-state index contributed by atoms with van der Waals surface area (Å²) in [5.41, 5.74) is 11.3. The molecule has 4 heteroatoms. The van der Waals surface area contributed by atoms with Crippen LogP contribution < -0.4 is 11.5 Å². The van der Waals surface area contributed by atoms with Gasteiger partial charge in [-0.2, -0.15) is 0 Å². The van der Waals surface area contributed by atoms with Gasteiger partial charge in [-0.25, -0.2) is 0 Å². The van der Waals surface area contributed by atoms with Gasteiger partial charge < -0.3 is 11.5 Å². The summed E-state index contributed by atoms with van der Waals surface area (Å²) in [5.74, 6) is 0.214. The van der Waals surface area contributed by atoms with E-state index in [0.717, 1.165) is 19.5 Å². The van der Waals surface area contributed by atoms with Gasteiger partial charge in [0.05, 0.1) is 6.04 Å². The number of hydrogen-bond acceptors (Lipinski definition) is 3. The van der Waals surface area contributed by atoms with Gasteiger partial charge in [-0.1, -0.05) is 20.8 Å². The zero-order chi connectivity index (χ0) is 11.6. The minimum Gasteiger partial charge on any atom is -0.368 e. The number of hydrogen-bond donors (Lipinski definition) is 2. The van der Waals surface area contributed by atoms with Gasteiger partial charge in [-0.3, -0.25) is 9.69 Å². The number of carbonyl (C=O) groups is 1. The highest BCUT2D eigenvalue weighted by Crippen LogP contribution is 2.28.